The van der Waals surface area contributed by atoms with Crippen LogP contribution in [-0.2, 0) is 21.2 Å². The zero-order chi connectivity index (χ0) is 19.6. The summed E-state index contributed by atoms with van der Waals surface area (Å²) < 4.78 is 26.6. The highest BCUT2D eigenvalue weighted by atomic mass is 32.2. The Morgan fingerprint density at radius 3 is 2.64 bits per heavy atom. The summed E-state index contributed by atoms with van der Waals surface area (Å²) in [6, 6.07) is 8.57. The van der Waals surface area contributed by atoms with Crippen molar-refractivity contribution < 1.29 is 13.2 Å². The second kappa shape index (κ2) is 7.69. The lowest BCUT2D eigenvalue weighted by atomic mass is 10.1. The fraction of sp³-hybridized carbons (Fsp3) is 0.316. The minimum absolute atomic E-state index is 0.154. The summed E-state index contributed by atoms with van der Waals surface area (Å²) in [4.78, 5) is 16.6. The van der Waals surface area contributed by atoms with Crippen LogP contribution in [0.15, 0.2) is 47.6 Å². The summed E-state index contributed by atoms with van der Waals surface area (Å²) in [7, 11) is -3.40. The van der Waals surface area contributed by atoms with Crippen LogP contribution in [-0.4, -0.2) is 46.9 Å². The Morgan fingerprint density at radius 2 is 1.89 bits per heavy atom. The zero-order valence-corrected chi connectivity index (χ0v) is 16.1. The van der Waals surface area contributed by atoms with E-state index < -0.39 is 10.0 Å². The van der Waals surface area contributed by atoms with Gasteiger partial charge in [0.2, 0.25) is 15.9 Å². The normalized spacial score (nSPS) is 15.1. The molecule has 0 atom stereocenters. The number of carbonyl (C=O) groups is 1. The average Bonchev–Trinajstić information content (AvgIpc) is 3.38. The van der Waals surface area contributed by atoms with Gasteiger partial charge in [0.25, 0.3) is 0 Å². The third-order valence-electron chi connectivity index (χ3n) is 4.89. The van der Waals surface area contributed by atoms with Crippen LogP contribution < -0.4 is 5.32 Å². The molecule has 1 fully saturated rings. The molecular formula is C19H21N5O3S. The number of anilines is 1. The number of H-pyrrole nitrogens is 1. The molecule has 1 aromatic carbocycles. The molecule has 146 valence electrons. The fourth-order valence-electron chi connectivity index (χ4n) is 3.32. The third kappa shape index (κ3) is 3.76. The molecule has 0 unspecified atom stereocenters. The summed E-state index contributed by atoms with van der Waals surface area (Å²) in [5.74, 6) is 0.327. The zero-order valence-electron chi connectivity index (χ0n) is 15.3. The largest absolute Gasteiger partial charge is 0.309 e. The van der Waals surface area contributed by atoms with Crippen LogP contribution in [0, 0.1) is 0 Å². The van der Waals surface area contributed by atoms with Crippen molar-refractivity contribution in [1.29, 1.82) is 0 Å². The number of fused-ring (bicyclic) bond motifs is 1. The maximum atomic E-state index is 12.5. The van der Waals surface area contributed by atoms with Crippen LogP contribution in [0.1, 0.15) is 24.8 Å². The van der Waals surface area contributed by atoms with E-state index in [0.29, 0.717) is 30.2 Å². The van der Waals surface area contributed by atoms with Gasteiger partial charge < -0.3 is 5.32 Å². The van der Waals surface area contributed by atoms with E-state index in [2.05, 4.69) is 20.5 Å². The molecule has 0 radical (unpaired) electrons. The van der Waals surface area contributed by atoms with Gasteiger partial charge >= 0.3 is 0 Å². The van der Waals surface area contributed by atoms with E-state index in [4.69, 9.17) is 0 Å². The molecule has 9 heteroatoms. The molecule has 4 rings (SSSR count). The molecule has 3 heterocycles. The number of aromatic amines is 1. The van der Waals surface area contributed by atoms with Crippen molar-refractivity contribution in [2.45, 2.75) is 30.6 Å². The smallest absolute Gasteiger partial charge is 0.243 e. The molecule has 1 aliphatic heterocycles. The Labute approximate surface area is 163 Å². The highest BCUT2D eigenvalue weighted by Gasteiger charge is 2.26. The monoisotopic (exact) mass is 399 g/mol. The molecule has 3 aromatic rings. The Morgan fingerprint density at radius 1 is 1.14 bits per heavy atom. The molecule has 8 nitrogen and oxygen atoms in total. The number of sulfonamides is 1. The van der Waals surface area contributed by atoms with Gasteiger partial charge in [-0.3, -0.25) is 14.9 Å². The number of pyridine rings is 1. The van der Waals surface area contributed by atoms with Crippen LogP contribution in [0.2, 0.25) is 0 Å². The molecule has 0 saturated carbocycles. The molecule has 28 heavy (non-hydrogen) atoms. The van der Waals surface area contributed by atoms with E-state index in [1.807, 2.05) is 0 Å². The Bertz CT molecular complexity index is 1090. The summed E-state index contributed by atoms with van der Waals surface area (Å²) in [6.07, 6.45) is 5.90. The van der Waals surface area contributed by atoms with Gasteiger partial charge in [-0.2, -0.15) is 9.40 Å². The number of aromatic nitrogens is 3. The lowest BCUT2D eigenvalue weighted by Gasteiger charge is -2.15. The number of aryl methyl sites for hydroxylation is 1. The number of hydrogen-bond donors (Lipinski definition) is 2. The molecule has 0 spiro atoms. The standard InChI is InChI=1S/C19H21N5O3S/c25-18(21-19-16-9-10-20-13-17(16)22-23-19)8-5-14-3-6-15(7-4-14)28(26,27)24-11-1-2-12-24/h3-4,6-7,9-10,13H,1-2,5,8,11-12H2,(H2,21,22,23,25). The Balaban J connectivity index is 1.36. The Hall–Kier alpha value is -2.78. The minimum Gasteiger partial charge on any atom is -0.309 e. The van der Waals surface area contributed by atoms with Crippen molar-refractivity contribution in [1.82, 2.24) is 19.5 Å². The van der Waals surface area contributed by atoms with E-state index in [9.17, 15) is 13.2 Å². The van der Waals surface area contributed by atoms with Gasteiger partial charge in [0, 0.05) is 31.1 Å². The average molecular weight is 399 g/mol. The van der Waals surface area contributed by atoms with Crippen molar-refractivity contribution in [3.63, 3.8) is 0 Å². The molecule has 2 N–H and O–H groups in total. The number of nitrogens with one attached hydrogen (secondary N) is 2. The fourth-order valence-corrected chi connectivity index (χ4v) is 4.84. The first-order chi connectivity index (χ1) is 13.5. The number of rotatable bonds is 6. The molecule has 1 aliphatic rings. The number of nitrogens with zero attached hydrogens (tertiary/aromatic N) is 3. The van der Waals surface area contributed by atoms with Crippen LogP contribution >= 0.6 is 0 Å². The first kappa shape index (κ1) is 18.6. The van der Waals surface area contributed by atoms with Crippen molar-refractivity contribution in [2.75, 3.05) is 18.4 Å². The summed E-state index contributed by atoms with van der Waals surface area (Å²) in [5, 5.41) is 10.5. The van der Waals surface area contributed by atoms with E-state index in [0.717, 1.165) is 29.3 Å². The summed E-state index contributed by atoms with van der Waals surface area (Å²) in [6.45, 7) is 1.17. The first-order valence-corrected chi connectivity index (χ1v) is 10.6. The van der Waals surface area contributed by atoms with E-state index in [-0.39, 0.29) is 12.3 Å². The molecule has 0 bridgehead atoms. The predicted octanol–water partition coefficient (Wildman–Crippen LogP) is 2.31. The van der Waals surface area contributed by atoms with Gasteiger partial charge in [0.15, 0.2) is 5.82 Å². The van der Waals surface area contributed by atoms with Crippen LogP contribution in [0.4, 0.5) is 5.82 Å². The second-order valence-electron chi connectivity index (χ2n) is 6.80. The maximum absolute atomic E-state index is 12.5. The van der Waals surface area contributed by atoms with Gasteiger partial charge in [-0.25, -0.2) is 8.42 Å². The molecular weight excluding hydrogens is 378 g/mol. The van der Waals surface area contributed by atoms with Crippen molar-refractivity contribution in [3.8, 4) is 0 Å². The lowest BCUT2D eigenvalue weighted by Crippen LogP contribution is -2.27. The first-order valence-electron chi connectivity index (χ1n) is 9.21. The second-order valence-corrected chi connectivity index (χ2v) is 8.73. The van der Waals surface area contributed by atoms with E-state index in [1.54, 1.807) is 42.7 Å². The van der Waals surface area contributed by atoms with Gasteiger partial charge in [0.05, 0.1) is 16.6 Å². The van der Waals surface area contributed by atoms with E-state index >= 15 is 0 Å². The van der Waals surface area contributed by atoms with Gasteiger partial charge in [0.1, 0.15) is 0 Å². The number of amides is 1. The maximum Gasteiger partial charge on any atom is 0.243 e. The summed E-state index contributed by atoms with van der Waals surface area (Å²) >= 11 is 0. The van der Waals surface area contributed by atoms with Crippen LogP contribution in [0.25, 0.3) is 10.9 Å². The lowest BCUT2D eigenvalue weighted by molar-refractivity contribution is -0.116. The van der Waals surface area contributed by atoms with Crippen molar-refractivity contribution in [3.05, 3.63) is 48.3 Å². The highest BCUT2D eigenvalue weighted by Crippen LogP contribution is 2.22. The van der Waals surface area contributed by atoms with Crippen molar-refractivity contribution in [2.24, 2.45) is 0 Å². The SMILES string of the molecule is O=C(CCc1ccc(S(=O)(=O)N2CCCC2)cc1)Nc1n[nH]c2cnccc12. The third-order valence-corrected chi connectivity index (χ3v) is 6.80. The van der Waals surface area contributed by atoms with Crippen molar-refractivity contribution >= 4 is 32.7 Å². The Kier molecular flexibility index (Phi) is 5.10. The molecule has 1 saturated heterocycles. The molecule has 1 amide bonds. The van der Waals surface area contributed by atoms with Crippen LogP contribution in [0.5, 0.6) is 0 Å². The van der Waals surface area contributed by atoms with Gasteiger partial charge in [-0.15, -0.1) is 0 Å². The number of carbonyl (C=O) groups excluding carboxylic acids is 1. The van der Waals surface area contributed by atoms with Crippen LogP contribution in [0.3, 0.4) is 0 Å². The minimum atomic E-state index is -3.40. The topological polar surface area (TPSA) is 108 Å². The number of benzene rings is 1. The van der Waals surface area contributed by atoms with E-state index in [1.165, 1.54) is 4.31 Å². The molecule has 0 aliphatic carbocycles. The highest BCUT2D eigenvalue weighted by molar-refractivity contribution is 7.89. The molecule has 2 aromatic heterocycles. The summed E-state index contributed by atoms with van der Waals surface area (Å²) in [5.41, 5.74) is 1.67. The van der Waals surface area contributed by atoms with Gasteiger partial charge in [-0.05, 0) is 43.0 Å². The van der Waals surface area contributed by atoms with Gasteiger partial charge in [-0.1, -0.05) is 12.1 Å². The quantitative estimate of drug-likeness (QED) is 0.661. The number of hydrogen-bond acceptors (Lipinski definition) is 5. The predicted molar refractivity (Wildman–Crippen MR) is 105 cm³/mol.